The van der Waals surface area contributed by atoms with Gasteiger partial charge >= 0.3 is 5.97 Å². The Bertz CT molecular complexity index is 1040. The zero-order chi connectivity index (χ0) is 22.7. The number of rotatable bonds is 8. The average molecular weight is 489 g/mol. The largest absolute Gasteiger partial charge is 0.478 e. The number of pyridine rings is 1. The number of nitrogens with zero attached hydrogens (tertiary/aromatic N) is 2. The van der Waals surface area contributed by atoms with Gasteiger partial charge in [0.15, 0.2) is 5.78 Å². The molecule has 4 rings (SSSR count). The lowest BCUT2D eigenvalue weighted by molar-refractivity contribution is -0.131. The van der Waals surface area contributed by atoms with Gasteiger partial charge in [0.2, 0.25) is 0 Å². The zero-order valence-electron chi connectivity index (χ0n) is 17.7. The second kappa shape index (κ2) is 10.4. The van der Waals surface area contributed by atoms with E-state index in [1.165, 1.54) is 6.08 Å². The quantitative estimate of drug-likeness (QED) is 0.393. The first-order valence-electron chi connectivity index (χ1n) is 10.6. The molecule has 168 valence electrons. The predicted octanol–water partition coefficient (Wildman–Crippen LogP) is 5.42. The first-order valence-corrected chi connectivity index (χ1v) is 13.2. The highest BCUT2D eigenvalue weighted by Gasteiger charge is 2.44. The van der Waals surface area contributed by atoms with Crippen molar-refractivity contribution < 1.29 is 14.7 Å². The van der Waals surface area contributed by atoms with E-state index in [4.69, 9.17) is 11.6 Å². The number of carboxylic acids is 1. The Morgan fingerprint density at radius 1 is 1.22 bits per heavy atom. The van der Waals surface area contributed by atoms with Gasteiger partial charge in [0, 0.05) is 41.6 Å². The minimum atomic E-state index is -1.02. The van der Waals surface area contributed by atoms with Gasteiger partial charge in [0.25, 0.3) is 0 Å². The van der Waals surface area contributed by atoms with Crippen molar-refractivity contribution >= 4 is 44.9 Å². The van der Waals surface area contributed by atoms with Crippen LogP contribution in [-0.4, -0.2) is 44.6 Å². The highest BCUT2D eigenvalue weighted by molar-refractivity contribution is 8.77. The molecule has 0 spiro atoms. The van der Waals surface area contributed by atoms with Gasteiger partial charge in [0.05, 0.1) is 6.04 Å². The molecule has 5 nitrogen and oxygen atoms in total. The van der Waals surface area contributed by atoms with E-state index in [1.54, 1.807) is 27.8 Å². The van der Waals surface area contributed by atoms with E-state index in [9.17, 15) is 14.7 Å². The van der Waals surface area contributed by atoms with Gasteiger partial charge in [-0.3, -0.25) is 9.69 Å². The van der Waals surface area contributed by atoms with Crippen molar-refractivity contribution in [1.29, 1.82) is 0 Å². The summed E-state index contributed by atoms with van der Waals surface area (Å²) in [7, 11) is 3.15. The lowest BCUT2D eigenvalue weighted by Crippen LogP contribution is -2.50. The molecular weight excluding hydrogens is 464 g/mol. The maximum atomic E-state index is 13.4. The van der Waals surface area contributed by atoms with Crippen molar-refractivity contribution in [2.45, 2.75) is 49.0 Å². The SMILES string of the molecule is Cc1cccnc1SSC1CCN(Cc2ccccc2Cl)C(C(=O)C2CC2)/C1=C/C(=O)O. The number of halogens is 1. The van der Waals surface area contributed by atoms with Crippen LogP contribution in [0.2, 0.25) is 5.02 Å². The fourth-order valence-corrected chi connectivity index (χ4v) is 6.98. The molecular formula is C24H25ClN2O3S2. The van der Waals surface area contributed by atoms with Crippen molar-refractivity contribution in [2.24, 2.45) is 5.92 Å². The number of aromatic nitrogens is 1. The Morgan fingerprint density at radius 3 is 2.69 bits per heavy atom. The summed E-state index contributed by atoms with van der Waals surface area (Å²) in [5, 5.41) is 11.1. The van der Waals surface area contributed by atoms with Crippen LogP contribution in [0.3, 0.4) is 0 Å². The molecule has 1 aliphatic heterocycles. The molecule has 0 amide bonds. The molecule has 0 radical (unpaired) electrons. The lowest BCUT2D eigenvalue weighted by atomic mass is 9.89. The van der Waals surface area contributed by atoms with E-state index in [0.29, 0.717) is 23.7 Å². The first kappa shape index (κ1) is 23.4. The fraction of sp³-hybridized carbons (Fsp3) is 0.375. The van der Waals surface area contributed by atoms with Crippen molar-refractivity contribution in [2.75, 3.05) is 6.54 Å². The molecule has 2 aromatic rings. The molecule has 1 saturated heterocycles. The molecule has 2 aliphatic rings. The van der Waals surface area contributed by atoms with Crippen molar-refractivity contribution in [3.8, 4) is 0 Å². The van der Waals surface area contributed by atoms with E-state index in [0.717, 1.165) is 35.4 Å². The summed E-state index contributed by atoms with van der Waals surface area (Å²) in [4.78, 5) is 31.7. The molecule has 1 aromatic heterocycles. The van der Waals surface area contributed by atoms with Crippen LogP contribution >= 0.6 is 33.2 Å². The number of piperidine rings is 1. The molecule has 8 heteroatoms. The topological polar surface area (TPSA) is 70.5 Å². The fourth-order valence-electron chi connectivity index (χ4n) is 4.00. The number of aliphatic carboxylic acids is 1. The Hall–Kier alpha value is -1.80. The van der Waals surface area contributed by atoms with E-state index < -0.39 is 12.0 Å². The summed E-state index contributed by atoms with van der Waals surface area (Å²) in [5.41, 5.74) is 2.70. The number of carbonyl (C=O) groups is 2. The standard InChI is InChI=1S/C24H25ClN2O3S2/c1-15-5-4-11-26-24(15)32-31-20-10-12-27(14-17-6-2-3-7-19(17)25)22(18(20)13-21(28)29)23(30)16-8-9-16/h2-7,11,13,16,20,22H,8-10,12,14H2,1H3,(H,28,29)/b18-13+. The highest BCUT2D eigenvalue weighted by Crippen LogP contribution is 2.45. The maximum absolute atomic E-state index is 13.4. The van der Waals surface area contributed by atoms with E-state index >= 15 is 0 Å². The van der Waals surface area contributed by atoms with Crippen LogP contribution < -0.4 is 0 Å². The number of ketones is 1. The summed E-state index contributed by atoms with van der Waals surface area (Å²) in [6.45, 7) is 3.23. The molecule has 2 unspecified atom stereocenters. The van der Waals surface area contributed by atoms with Crippen LogP contribution in [0, 0.1) is 12.8 Å². The minimum absolute atomic E-state index is 0.0281. The molecule has 1 aromatic carbocycles. The van der Waals surface area contributed by atoms with E-state index in [2.05, 4.69) is 9.88 Å². The summed E-state index contributed by atoms with van der Waals surface area (Å²) < 4.78 is 0. The lowest BCUT2D eigenvalue weighted by Gasteiger charge is -2.40. The van der Waals surface area contributed by atoms with Gasteiger partial charge in [-0.15, -0.1) is 0 Å². The monoisotopic (exact) mass is 488 g/mol. The zero-order valence-corrected chi connectivity index (χ0v) is 20.1. The summed E-state index contributed by atoms with van der Waals surface area (Å²) in [5.74, 6) is -0.855. The summed E-state index contributed by atoms with van der Waals surface area (Å²) >= 11 is 6.39. The third kappa shape index (κ3) is 5.57. The Morgan fingerprint density at radius 2 is 2.00 bits per heavy atom. The van der Waals surface area contributed by atoms with Gasteiger partial charge in [0.1, 0.15) is 5.03 Å². The number of hydrogen-bond acceptors (Lipinski definition) is 6. The van der Waals surface area contributed by atoms with Crippen LogP contribution in [0.15, 0.2) is 59.3 Å². The number of carbonyl (C=O) groups excluding carboxylic acids is 1. The number of carboxylic acid groups (broad SMARTS) is 1. The Balaban J connectivity index is 1.61. The number of hydrogen-bond donors (Lipinski definition) is 1. The second-order valence-corrected chi connectivity index (χ2v) is 11.0. The van der Waals surface area contributed by atoms with E-state index in [1.807, 2.05) is 43.3 Å². The molecule has 2 fully saturated rings. The molecule has 32 heavy (non-hydrogen) atoms. The molecule has 1 saturated carbocycles. The third-order valence-electron chi connectivity index (χ3n) is 5.81. The summed E-state index contributed by atoms with van der Waals surface area (Å²) in [6.07, 6.45) is 5.54. The normalized spacial score (nSPS) is 22.8. The van der Waals surface area contributed by atoms with Gasteiger partial charge in [-0.1, -0.05) is 46.7 Å². The van der Waals surface area contributed by atoms with Crippen LogP contribution in [0.25, 0.3) is 0 Å². The highest BCUT2D eigenvalue weighted by atomic mass is 35.5. The average Bonchev–Trinajstić information content (AvgIpc) is 3.60. The number of Topliss-reactive ketones (excluding diaryl/α,β-unsaturated/α-hetero) is 1. The van der Waals surface area contributed by atoms with Crippen molar-refractivity contribution in [1.82, 2.24) is 9.88 Å². The third-order valence-corrected chi connectivity index (χ3v) is 9.06. The number of benzene rings is 1. The van der Waals surface area contributed by atoms with Gasteiger partial charge in [-0.05, 0) is 65.8 Å². The van der Waals surface area contributed by atoms with Gasteiger partial charge in [-0.25, -0.2) is 9.78 Å². The summed E-state index contributed by atoms with van der Waals surface area (Å²) in [6, 6.07) is 11.0. The minimum Gasteiger partial charge on any atom is -0.478 e. The van der Waals surface area contributed by atoms with Gasteiger partial charge in [-0.2, -0.15) is 0 Å². The van der Waals surface area contributed by atoms with Gasteiger partial charge < -0.3 is 5.11 Å². The van der Waals surface area contributed by atoms with Crippen molar-refractivity contribution in [3.63, 3.8) is 0 Å². The number of likely N-dealkylation sites (tertiary alicyclic amines) is 1. The van der Waals surface area contributed by atoms with Crippen molar-refractivity contribution in [3.05, 3.63) is 70.4 Å². The predicted molar refractivity (Wildman–Crippen MR) is 130 cm³/mol. The Labute approximate surface area is 201 Å². The van der Waals surface area contributed by atoms with Crippen LogP contribution in [0.4, 0.5) is 0 Å². The van der Waals surface area contributed by atoms with Crippen LogP contribution in [0.5, 0.6) is 0 Å². The molecule has 1 aliphatic carbocycles. The maximum Gasteiger partial charge on any atom is 0.328 e. The second-order valence-electron chi connectivity index (χ2n) is 8.21. The van der Waals surface area contributed by atoms with E-state index in [-0.39, 0.29) is 17.0 Å². The Kier molecular flexibility index (Phi) is 7.61. The smallest absolute Gasteiger partial charge is 0.328 e. The first-order chi connectivity index (χ1) is 15.4. The molecule has 0 bridgehead atoms. The molecule has 2 heterocycles. The van der Waals surface area contributed by atoms with Crippen LogP contribution in [0.1, 0.15) is 30.4 Å². The number of aryl methyl sites for hydroxylation is 1. The van der Waals surface area contributed by atoms with Crippen LogP contribution in [-0.2, 0) is 16.1 Å². The molecule has 1 N–H and O–H groups in total. The molecule has 2 atom stereocenters.